The third-order valence-corrected chi connectivity index (χ3v) is 1.16. The van der Waals surface area contributed by atoms with Crippen LogP contribution in [-0.2, 0) is 0 Å². The van der Waals surface area contributed by atoms with Gasteiger partial charge in [0.2, 0.25) is 0 Å². The van der Waals surface area contributed by atoms with E-state index in [-0.39, 0.29) is 6.04 Å². The van der Waals surface area contributed by atoms with Crippen molar-refractivity contribution < 1.29 is 13.2 Å². The van der Waals surface area contributed by atoms with Gasteiger partial charge in [0.25, 0.3) is 0 Å². The lowest BCUT2D eigenvalue weighted by Crippen LogP contribution is -2.08. The van der Waals surface area contributed by atoms with Crippen molar-refractivity contribution >= 4 is 6.21 Å². The SMILES string of the molecule is C/C(=C\C=NC(C)C)C(F)(F)F. The molecule has 0 spiro atoms. The Bertz CT molecular complexity index is 189. The number of alkyl halides is 3. The van der Waals surface area contributed by atoms with Crippen LogP contribution < -0.4 is 0 Å². The Morgan fingerprint density at radius 2 is 1.83 bits per heavy atom. The van der Waals surface area contributed by atoms with Crippen LogP contribution in [0.4, 0.5) is 13.2 Å². The maximum absolute atomic E-state index is 11.8. The first-order valence-corrected chi connectivity index (χ1v) is 3.61. The third kappa shape index (κ3) is 4.93. The number of allylic oxidation sites excluding steroid dienone is 2. The van der Waals surface area contributed by atoms with Crippen molar-refractivity contribution in [3.63, 3.8) is 0 Å². The van der Waals surface area contributed by atoms with Crippen molar-refractivity contribution in [2.45, 2.75) is 33.0 Å². The van der Waals surface area contributed by atoms with E-state index in [0.29, 0.717) is 0 Å². The Morgan fingerprint density at radius 1 is 1.33 bits per heavy atom. The molecule has 70 valence electrons. The first kappa shape index (κ1) is 11.2. The normalized spacial score (nSPS) is 14.8. The van der Waals surface area contributed by atoms with Crippen molar-refractivity contribution in [3.05, 3.63) is 11.6 Å². The minimum Gasteiger partial charge on any atom is -0.290 e. The van der Waals surface area contributed by atoms with Crippen LogP contribution in [0.2, 0.25) is 0 Å². The summed E-state index contributed by atoms with van der Waals surface area (Å²) < 4.78 is 35.5. The van der Waals surface area contributed by atoms with Crippen LogP contribution in [0.5, 0.6) is 0 Å². The molecule has 0 N–H and O–H groups in total. The molecule has 0 heterocycles. The zero-order chi connectivity index (χ0) is 9.78. The van der Waals surface area contributed by atoms with Gasteiger partial charge in [-0.25, -0.2) is 0 Å². The Hall–Kier alpha value is -0.800. The van der Waals surface area contributed by atoms with Gasteiger partial charge < -0.3 is 0 Å². The van der Waals surface area contributed by atoms with Crippen LogP contribution >= 0.6 is 0 Å². The van der Waals surface area contributed by atoms with Crippen molar-refractivity contribution in [2.24, 2.45) is 4.99 Å². The molecule has 0 atom stereocenters. The van der Waals surface area contributed by atoms with Crippen LogP contribution in [-0.4, -0.2) is 18.4 Å². The maximum Gasteiger partial charge on any atom is 0.412 e. The summed E-state index contributed by atoms with van der Waals surface area (Å²) >= 11 is 0. The van der Waals surface area contributed by atoms with E-state index in [1.807, 2.05) is 0 Å². The molecule has 0 aliphatic carbocycles. The van der Waals surface area contributed by atoms with Gasteiger partial charge in [-0.1, -0.05) is 0 Å². The molecule has 4 heteroatoms. The fourth-order valence-electron chi connectivity index (χ4n) is 0.421. The molecule has 12 heavy (non-hydrogen) atoms. The van der Waals surface area contributed by atoms with E-state index in [4.69, 9.17) is 0 Å². The van der Waals surface area contributed by atoms with E-state index < -0.39 is 11.7 Å². The quantitative estimate of drug-likeness (QED) is 0.578. The highest BCUT2D eigenvalue weighted by atomic mass is 19.4. The summed E-state index contributed by atoms with van der Waals surface area (Å²) in [4.78, 5) is 3.78. The Morgan fingerprint density at radius 3 is 2.17 bits per heavy atom. The van der Waals surface area contributed by atoms with E-state index in [1.165, 1.54) is 6.21 Å². The average Bonchev–Trinajstić information content (AvgIpc) is 1.84. The van der Waals surface area contributed by atoms with Crippen LogP contribution in [0.25, 0.3) is 0 Å². The highest BCUT2D eigenvalue weighted by molar-refractivity contribution is 5.72. The molecule has 0 unspecified atom stereocenters. The van der Waals surface area contributed by atoms with Gasteiger partial charge in [-0.3, -0.25) is 4.99 Å². The Kier molecular flexibility index (Phi) is 4.00. The molecule has 1 nitrogen and oxygen atoms in total. The van der Waals surface area contributed by atoms with Gasteiger partial charge in [-0.15, -0.1) is 0 Å². The minimum absolute atomic E-state index is 0.0299. The van der Waals surface area contributed by atoms with E-state index >= 15 is 0 Å². The maximum atomic E-state index is 11.8. The molecule has 0 amide bonds. The summed E-state index contributed by atoms with van der Waals surface area (Å²) in [5.74, 6) is 0. The summed E-state index contributed by atoms with van der Waals surface area (Å²) in [6.45, 7) is 4.62. The fraction of sp³-hybridized carbons (Fsp3) is 0.625. The molecule has 0 rings (SSSR count). The third-order valence-electron chi connectivity index (χ3n) is 1.16. The molecule has 0 aliphatic heterocycles. The second kappa shape index (κ2) is 4.28. The Balaban J connectivity index is 4.20. The molecule has 0 aromatic carbocycles. The number of hydrogen-bond donors (Lipinski definition) is 0. The topological polar surface area (TPSA) is 12.4 Å². The average molecular weight is 179 g/mol. The van der Waals surface area contributed by atoms with E-state index in [1.54, 1.807) is 13.8 Å². The lowest BCUT2D eigenvalue weighted by atomic mass is 10.3. The van der Waals surface area contributed by atoms with Gasteiger partial charge in [0.1, 0.15) is 0 Å². The second-order valence-electron chi connectivity index (χ2n) is 2.74. The summed E-state index contributed by atoms with van der Waals surface area (Å²) in [5.41, 5.74) is -0.632. The zero-order valence-electron chi connectivity index (χ0n) is 7.31. The van der Waals surface area contributed by atoms with E-state index in [9.17, 15) is 13.2 Å². The molecule has 0 aromatic rings. The number of aliphatic imine (C=N–C) groups is 1. The molecule has 0 fully saturated rings. The lowest BCUT2D eigenvalue weighted by Gasteiger charge is -2.03. The number of nitrogens with zero attached hydrogens (tertiary/aromatic N) is 1. The number of hydrogen-bond acceptors (Lipinski definition) is 1. The zero-order valence-corrected chi connectivity index (χ0v) is 7.31. The highest BCUT2D eigenvalue weighted by Gasteiger charge is 2.29. The first-order valence-electron chi connectivity index (χ1n) is 3.61. The van der Waals surface area contributed by atoms with E-state index in [2.05, 4.69) is 4.99 Å². The molecule has 0 aliphatic rings. The Labute approximate surface area is 70.0 Å². The van der Waals surface area contributed by atoms with Gasteiger partial charge in [0, 0.05) is 17.8 Å². The van der Waals surface area contributed by atoms with Crippen LogP contribution in [0.3, 0.4) is 0 Å². The number of halogens is 3. The van der Waals surface area contributed by atoms with Gasteiger partial charge in [-0.05, 0) is 26.8 Å². The largest absolute Gasteiger partial charge is 0.412 e. The smallest absolute Gasteiger partial charge is 0.290 e. The minimum atomic E-state index is -4.23. The van der Waals surface area contributed by atoms with Crippen LogP contribution in [0.15, 0.2) is 16.6 Å². The molecule has 0 saturated carbocycles. The summed E-state index contributed by atoms with van der Waals surface area (Å²) in [7, 11) is 0. The molecule has 0 saturated heterocycles. The lowest BCUT2D eigenvalue weighted by molar-refractivity contribution is -0.0911. The van der Waals surface area contributed by atoms with Gasteiger partial charge in [0.05, 0.1) is 0 Å². The summed E-state index contributed by atoms with van der Waals surface area (Å²) in [6.07, 6.45) is -2.07. The monoisotopic (exact) mass is 179 g/mol. The molecule has 0 aromatic heterocycles. The van der Waals surface area contributed by atoms with E-state index in [0.717, 1.165) is 13.0 Å². The highest BCUT2D eigenvalue weighted by Crippen LogP contribution is 2.23. The second-order valence-corrected chi connectivity index (χ2v) is 2.74. The molecular weight excluding hydrogens is 167 g/mol. The van der Waals surface area contributed by atoms with Gasteiger partial charge >= 0.3 is 6.18 Å². The predicted octanol–water partition coefficient (Wildman–Crippen LogP) is 2.97. The summed E-state index contributed by atoms with van der Waals surface area (Å²) in [5, 5.41) is 0. The fourth-order valence-corrected chi connectivity index (χ4v) is 0.421. The van der Waals surface area contributed by atoms with Crippen molar-refractivity contribution in [2.75, 3.05) is 0 Å². The summed E-state index contributed by atoms with van der Waals surface area (Å²) in [6, 6.07) is 0.0299. The van der Waals surface area contributed by atoms with Crippen molar-refractivity contribution in [1.29, 1.82) is 0 Å². The van der Waals surface area contributed by atoms with Crippen molar-refractivity contribution in [3.8, 4) is 0 Å². The van der Waals surface area contributed by atoms with Crippen molar-refractivity contribution in [1.82, 2.24) is 0 Å². The molecule has 0 bridgehead atoms. The van der Waals surface area contributed by atoms with Crippen LogP contribution in [0.1, 0.15) is 20.8 Å². The standard InChI is InChI=1S/C8H12F3N/c1-6(2)12-5-4-7(3)8(9,10)11/h4-6H,1-3H3/b7-4+,12-5?. The predicted molar refractivity (Wildman–Crippen MR) is 43.4 cm³/mol. The molecular formula is C8H12F3N. The molecule has 0 radical (unpaired) electrons. The van der Waals surface area contributed by atoms with Crippen LogP contribution in [0, 0.1) is 0 Å². The number of rotatable bonds is 2. The van der Waals surface area contributed by atoms with Gasteiger partial charge in [0.15, 0.2) is 0 Å². The first-order chi connectivity index (χ1) is 5.34. The van der Waals surface area contributed by atoms with Gasteiger partial charge in [-0.2, -0.15) is 13.2 Å².